The Morgan fingerprint density at radius 1 is 0.667 bits per heavy atom. The van der Waals surface area contributed by atoms with Gasteiger partial charge in [0, 0.05) is 0 Å². The van der Waals surface area contributed by atoms with E-state index in [9.17, 15) is 0 Å². The van der Waals surface area contributed by atoms with Crippen LogP contribution in [-0.2, 0) is 4.74 Å². The van der Waals surface area contributed by atoms with Gasteiger partial charge in [0.2, 0.25) is 12.6 Å². The van der Waals surface area contributed by atoms with Crippen molar-refractivity contribution in [2.45, 2.75) is 12.6 Å². The number of hydrogen-bond donors (Lipinski definition) is 0. The minimum atomic E-state index is -0.515. The number of hydrogen-bond acceptors (Lipinski definition) is 5. The summed E-state index contributed by atoms with van der Waals surface area (Å²) in [5.41, 5.74) is 0. The van der Waals surface area contributed by atoms with Crippen LogP contribution in [0.15, 0.2) is 48.5 Å². The van der Waals surface area contributed by atoms with Gasteiger partial charge in [0.05, 0.1) is 0 Å². The SMILES string of the molecule is c1ccc2c(c1)OCC(OC1COc3ccccc3O1)O2. The molecule has 0 N–H and O–H groups in total. The molecule has 0 radical (unpaired) electrons. The van der Waals surface area contributed by atoms with E-state index < -0.39 is 12.6 Å². The molecular weight excluding hydrogens is 272 g/mol. The van der Waals surface area contributed by atoms with Crippen molar-refractivity contribution in [3.05, 3.63) is 48.5 Å². The number of benzene rings is 2. The Bertz CT molecular complexity index is 587. The summed E-state index contributed by atoms with van der Waals surface area (Å²) in [5.74, 6) is 2.80. The highest BCUT2D eigenvalue weighted by atomic mass is 16.8. The van der Waals surface area contributed by atoms with Crippen molar-refractivity contribution in [3.8, 4) is 23.0 Å². The Hall–Kier alpha value is -2.40. The summed E-state index contributed by atoms with van der Waals surface area (Å²) in [7, 11) is 0. The van der Waals surface area contributed by atoms with Gasteiger partial charge in [-0.2, -0.15) is 0 Å². The lowest BCUT2D eigenvalue weighted by atomic mass is 10.3. The molecule has 2 unspecified atom stereocenters. The van der Waals surface area contributed by atoms with Gasteiger partial charge in [0.1, 0.15) is 0 Å². The number of rotatable bonds is 2. The Kier molecular flexibility index (Phi) is 3.05. The highest BCUT2D eigenvalue weighted by molar-refractivity contribution is 5.41. The van der Waals surface area contributed by atoms with E-state index in [4.69, 9.17) is 23.7 Å². The highest BCUT2D eigenvalue weighted by Crippen LogP contribution is 2.34. The molecule has 2 heterocycles. The average Bonchev–Trinajstić information content (AvgIpc) is 2.55. The zero-order valence-electron chi connectivity index (χ0n) is 11.2. The molecule has 0 aromatic heterocycles. The van der Waals surface area contributed by atoms with Crippen molar-refractivity contribution in [2.24, 2.45) is 0 Å². The molecule has 5 nitrogen and oxygen atoms in total. The van der Waals surface area contributed by atoms with E-state index in [1.54, 1.807) is 0 Å². The Morgan fingerprint density at radius 2 is 1.10 bits per heavy atom. The molecule has 2 aliphatic heterocycles. The normalized spacial score (nSPS) is 22.7. The standard InChI is InChI=1S/C16H14O5/c1-3-7-13-11(5-1)17-9-15(19-13)21-16-10-18-12-6-2-4-8-14(12)20-16/h1-8,15-16H,9-10H2. The van der Waals surface area contributed by atoms with Crippen LogP contribution in [0.4, 0.5) is 0 Å². The van der Waals surface area contributed by atoms with Crippen molar-refractivity contribution < 1.29 is 23.7 Å². The number of ether oxygens (including phenoxy) is 5. The van der Waals surface area contributed by atoms with Gasteiger partial charge in [-0.3, -0.25) is 4.74 Å². The number of fused-ring (bicyclic) bond motifs is 2. The summed E-state index contributed by atoms with van der Waals surface area (Å²) in [4.78, 5) is 0. The van der Waals surface area contributed by atoms with Gasteiger partial charge in [-0.15, -0.1) is 0 Å². The van der Waals surface area contributed by atoms with Crippen LogP contribution in [0.1, 0.15) is 0 Å². The maximum atomic E-state index is 5.75. The van der Waals surface area contributed by atoms with Crippen molar-refractivity contribution in [2.75, 3.05) is 13.2 Å². The summed E-state index contributed by atoms with van der Waals surface area (Å²) in [6, 6.07) is 15.0. The molecule has 0 amide bonds. The molecule has 5 heteroatoms. The van der Waals surface area contributed by atoms with Gasteiger partial charge in [0.15, 0.2) is 36.2 Å². The highest BCUT2D eigenvalue weighted by Gasteiger charge is 2.28. The third-order valence-electron chi connectivity index (χ3n) is 3.27. The summed E-state index contributed by atoms with van der Waals surface area (Å²) >= 11 is 0. The molecule has 0 saturated carbocycles. The van der Waals surface area contributed by atoms with Crippen LogP contribution in [0.3, 0.4) is 0 Å². The second kappa shape index (κ2) is 5.18. The zero-order chi connectivity index (χ0) is 14.1. The van der Waals surface area contributed by atoms with Crippen LogP contribution in [-0.4, -0.2) is 25.8 Å². The van der Waals surface area contributed by atoms with E-state index >= 15 is 0 Å². The van der Waals surface area contributed by atoms with Crippen molar-refractivity contribution in [1.82, 2.24) is 0 Å². The van der Waals surface area contributed by atoms with E-state index in [1.807, 2.05) is 48.5 Å². The molecule has 0 saturated heterocycles. The number of para-hydroxylation sites is 4. The van der Waals surface area contributed by atoms with Gasteiger partial charge < -0.3 is 18.9 Å². The first-order valence-corrected chi connectivity index (χ1v) is 6.81. The summed E-state index contributed by atoms with van der Waals surface area (Å²) in [6.07, 6.45) is -1.03. The molecule has 0 fully saturated rings. The summed E-state index contributed by atoms with van der Waals surface area (Å²) in [6.45, 7) is 0.636. The van der Waals surface area contributed by atoms with E-state index in [-0.39, 0.29) is 0 Å². The van der Waals surface area contributed by atoms with Gasteiger partial charge >= 0.3 is 0 Å². The minimum Gasteiger partial charge on any atom is -0.483 e. The smallest absolute Gasteiger partial charge is 0.237 e. The molecule has 2 aromatic carbocycles. The molecular formula is C16H14O5. The Labute approximate surface area is 122 Å². The van der Waals surface area contributed by atoms with Crippen LogP contribution in [0, 0.1) is 0 Å². The predicted octanol–water partition coefficient (Wildman–Crippen LogP) is 2.60. The van der Waals surface area contributed by atoms with Crippen LogP contribution in [0.5, 0.6) is 23.0 Å². The molecule has 0 aliphatic carbocycles. The zero-order valence-corrected chi connectivity index (χ0v) is 11.2. The second-order valence-electron chi connectivity index (χ2n) is 4.75. The third-order valence-corrected chi connectivity index (χ3v) is 3.27. The lowest BCUT2D eigenvalue weighted by Crippen LogP contribution is -2.41. The van der Waals surface area contributed by atoms with Gasteiger partial charge in [-0.25, -0.2) is 0 Å². The summed E-state index contributed by atoms with van der Waals surface area (Å²) in [5, 5.41) is 0. The molecule has 2 atom stereocenters. The molecule has 108 valence electrons. The quantitative estimate of drug-likeness (QED) is 0.849. The van der Waals surface area contributed by atoms with Crippen molar-refractivity contribution in [3.63, 3.8) is 0 Å². The van der Waals surface area contributed by atoms with E-state index in [1.165, 1.54) is 0 Å². The molecule has 21 heavy (non-hydrogen) atoms. The van der Waals surface area contributed by atoms with Crippen molar-refractivity contribution in [1.29, 1.82) is 0 Å². The summed E-state index contributed by atoms with van der Waals surface area (Å²) < 4.78 is 28.4. The molecule has 2 aliphatic rings. The van der Waals surface area contributed by atoms with Gasteiger partial charge in [-0.05, 0) is 24.3 Å². The fourth-order valence-electron chi connectivity index (χ4n) is 2.30. The maximum Gasteiger partial charge on any atom is 0.237 e. The van der Waals surface area contributed by atoms with Crippen LogP contribution >= 0.6 is 0 Å². The van der Waals surface area contributed by atoms with Crippen LogP contribution in [0.2, 0.25) is 0 Å². The molecule has 0 spiro atoms. The molecule has 4 rings (SSSR count). The first-order valence-electron chi connectivity index (χ1n) is 6.81. The first kappa shape index (κ1) is 12.3. The monoisotopic (exact) mass is 286 g/mol. The lowest BCUT2D eigenvalue weighted by molar-refractivity contribution is -0.216. The minimum absolute atomic E-state index is 0.318. The van der Waals surface area contributed by atoms with E-state index in [0.29, 0.717) is 24.7 Å². The van der Waals surface area contributed by atoms with E-state index in [0.717, 1.165) is 11.5 Å². The Balaban J connectivity index is 1.42. The largest absolute Gasteiger partial charge is 0.483 e. The topological polar surface area (TPSA) is 46.2 Å². The van der Waals surface area contributed by atoms with Gasteiger partial charge in [0.25, 0.3) is 0 Å². The van der Waals surface area contributed by atoms with Crippen molar-refractivity contribution >= 4 is 0 Å². The first-order chi connectivity index (χ1) is 10.4. The predicted molar refractivity (Wildman–Crippen MR) is 73.8 cm³/mol. The maximum absolute atomic E-state index is 5.75. The molecule has 2 aromatic rings. The third kappa shape index (κ3) is 2.48. The molecule has 0 bridgehead atoms. The fourth-order valence-corrected chi connectivity index (χ4v) is 2.30. The lowest BCUT2D eigenvalue weighted by Gasteiger charge is -2.31. The Morgan fingerprint density at radius 3 is 1.57 bits per heavy atom. The van der Waals surface area contributed by atoms with Crippen LogP contribution in [0.25, 0.3) is 0 Å². The second-order valence-corrected chi connectivity index (χ2v) is 4.75. The average molecular weight is 286 g/mol. The van der Waals surface area contributed by atoms with Gasteiger partial charge in [-0.1, -0.05) is 24.3 Å². The van der Waals surface area contributed by atoms with E-state index in [2.05, 4.69) is 0 Å². The fraction of sp³-hybridized carbons (Fsp3) is 0.250. The van der Waals surface area contributed by atoms with Crippen LogP contribution < -0.4 is 18.9 Å².